The van der Waals surface area contributed by atoms with E-state index in [1.165, 1.54) is 18.2 Å². The van der Waals surface area contributed by atoms with Crippen molar-refractivity contribution in [2.45, 2.75) is 83.8 Å². The largest absolute Gasteiger partial charge is 0.524 e. The number of benzene rings is 3. The molecule has 1 aliphatic heterocycles. The lowest BCUT2D eigenvalue weighted by Gasteiger charge is -2.26. The second kappa shape index (κ2) is 17.7. The summed E-state index contributed by atoms with van der Waals surface area (Å²) in [4.78, 5) is 58.1. The Hall–Kier alpha value is -4.29. The normalized spacial score (nSPS) is 12.8. The summed E-state index contributed by atoms with van der Waals surface area (Å²) in [6, 6.07) is 19.6. The van der Waals surface area contributed by atoms with Gasteiger partial charge in [0.25, 0.3) is 0 Å². The molecule has 0 aromatic heterocycles. The first-order valence-corrected chi connectivity index (χ1v) is 17.8. The number of unbranched alkanes of at least 4 members (excludes halogenated alkanes) is 5. The Balaban J connectivity index is 1.09. The number of amides is 2. The average Bonchev–Trinajstić information content (AvgIpc) is 3.05. The Morgan fingerprint density at radius 2 is 1.52 bits per heavy atom. The fraction of sp³-hybridized carbons (Fsp3) is 0.378. The van der Waals surface area contributed by atoms with Crippen molar-refractivity contribution in [3.63, 3.8) is 0 Å². The molecule has 0 saturated heterocycles. The third kappa shape index (κ3) is 11.2. The molecule has 0 radical (unpaired) electrons. The van der Waals surface area contributed by atoms with Crippen molar-refractivity contribution in [1.82, 2.24) is 5.32 Å². The van der Waals surface area contributed by atoms with E-state index in [4.69, 9.17) is 9.79 Å². The topological polar surface area (TPSA) is 133 Å². The summed E-state index contributed by atoms with van der Waals surface area (Å²) in [6.07, 6.45) is 3.43. The maximum atomic E-state index is 14.9. The van der Waals surface area contributed by atoms with Crippen LogP contribution in [-0.4, -0.2) is 33.9 Å². The van der Waals surface area contributed by atoms with E-state index < -0.39 is 19.8 Å². The van der Waals surface area contributed by atoms with Gasteiger partial charge >= 0.3 is 7.82 Å². The van der Waals surface area contributed by atoms with Crippen molar-refractivity contribution >= 4 is 31.1 Å². The highest BCUT2D eigenvalue weighted by Gasteiger charge is 2.27. The number of hydrogen-bond acceptors (Lipinski definition) is 5. The van der Waals surface area contributed by atoms with Crippen LogP contribution in [0.2, 0.25) is 0 Å². The van der Waals surface area contributed by atoms with Crippen molar-refractivity contribution in [3.8, 4) is 17.6 Å². The molecule has 1 unspecified atom stereocenters. The van der Waals surface area contributed by atoms with Gasteiger partial charge in [0.15, 0.2) is 12.0 Å². The molecule has 11 heteroatoms. The molecule has 0 bridgehead atoms. The van der Waals surface area contributed by atoms with Crippen molar-refractivity contribution in [2.24, 2.45) is 0 Å². The van der Waals surface area contributed by atoms with Crippen LogP contribution in [0.5, 0.6) is 5.75 Å². The van der Waals surface area contributed by atoms with Gasteiger partial charge < -0.3 is 14.7 Å². The molecule has 0 saturated carbocycles. The van der Waals surface area contributed by atoms with E-state index in [0.29, 0.717) is 57.2 Å². The van der Waals surface area contributed by atoms with Crippen LogP contribution in [0.4, 0.5) is 10.1 Å². The number of alkyl halides is 1. The van der Waals surface area contributed by atoms with Crippen molar-refractivity contribution in [1.29, 1.82) is 0 Å². The van der Waals surface area contributed by atoms with Gasteiger partial charge in [-0.3, -0.25) is 24.2 Å². The highest BCUT2D eigenvalue weighted by molar-refractivity contribution is 7.46. The second-order valence-electron chi connectivity index (χ2n) is 11.9. The summed E-state index contributed by atoms with van der Waals surface area (Å²) < 4.78 is 30.7. The van der Waals surface area contributed by atoms with Crippen LogP contribution in [-0.2, 0) is 25.5 Å². The third-order valence-electron chi connectivity index (χ3n) is 8.08. The molecule has 3 aromatic rings. The maximum Gasteiger partial charge on any atom is 0.524 e. The van der Waals surface area contributed by atoms with Crippen molar-refractivity contribution in [2.75, 3.05) is 11.4 Å². The van der Waals surface area contributed by atoms with Gasteiger partial charge in [0.2, 0.25) is 11.8 Å². The molecular formula is C37H42FN2O7P. The number of para-hydroxylation sites is 1. The smallest absolute Gasteiger partial charge is 0.404 e. The van der Waals surface area contributed by atoms with Gasteiger partial charge in [-0.2, -0.15) is 0 Å². The number of aryl methyl sites for hydroxylation is 1. The average molecular weight is 677 g/mol. The molecule has 2 amide bonds. The minimum atomic E-state index is -4.90. The van der Waals surface area contributed by atoms with Gasteiger partial charge in [-0.15, -0.1) is 0 Å². The number of phosphoric acid groups is 1. The summed E-state index contributed by atoms with van der Waals surface area (Å²) in [6.45, 7) is 2.66. The van der Waals surface area contributed by atoms with Crippen LogP contribution in [0.1, 0.15) is 98.2 Å². The van der Waals surface area contributed by atoms with Gasteiger partial charge in [0.05, 0.1) is 12.2 Å². The van der Waals surface area contributed by atoms with Crippen LogP contribution in [0, 0.1) is 18.8 Å². The Labute approximate surface area is 281 Å². The fourth-order valence-corrected chi connectivity index (χ4v) is 5.97. The van der Waals surface area contributed by atoms with Crippen LogP contribution < -0.4 is 14.7 Å². The Kier molecular flexibility index (Phi) is 13.5. The standard InChI is InChI=1S/C37H42FN2O7P/c1-27-20-23-34(47-48(44,45)46)31(25-27)37(38)33(41)17-5-3-2-4-12-24-39-35(42)18-10-11-19-36(43)40-26-30-15-7-6-13-28(30)21-22-29-14-8-9-16-32(29)40/h6-9,13-16,20,23,25,37H,2-5,10-12,17-19,24,26H2,1H3,(H,39,42)(H2,44,45,46). The number of fused-ring (bicyclic) bond motifs is 2. The SMILES string of the molecule is Cc1ccc(OP(=O)(O)O)c(C(F)C(=O)CCCCCCCNC(=O)CCCCC(=O)N2Cc3ccccc3C#Cc3ccccc32)c1. The first kappa shape index (κ1) is 36.5. The molecule has 4 rings (SSSR count). The van der Waals surface area contributed by atoms with Gasteiger partial charge in [-0.25, -0.2) is 8.96 Å². The minimum Gasteiger partial charge on any atom is -0.404 e. The Morgan fingerprint density at radius 1 is 0.875 bits per heavy atom. The zero-order valence-electron chi connectivity index (χ0n) is 27.1. The summed E-state index contributed by atoms with van der Waals surface area (Å²) in [5.74, 6) is 5.35. The number of nitrogens with zero attached hydrogens (tertiary/aromatic N) is 1. The summed E-state index contributed by atoms with van der Waals surface area (Å²) in [7, 11) is -4.90. The van der Waals surface area contributed by atoms with Crippen molar-refractivity contribution in [3.05, 3.63) is 94.5 Å². The maximum absolute atomic E-state index is 14.9. The van der Waals surface area contributed by atoms with Crippen LogP contribution in [0.15, 0.2) is 66.7 Å². The molecule has 9 nitrogen and oxygen atoms in total. The predicted molar refractivity (Wildman–Crippen MR) is 182 cm³/mol. The van der Waals surface area contributed by atoms with Gasteiger partial charge in [0.1, 0.15) is 5.75 Å². The first-order chi connectivity index (χ1) is 23.0. The van der Waals surface area contributed by atoms with E-state index in [2.05, 4.69) is 21.7 Å². The quantitative estimate of drug-likeness (QED) is 0.0796. The molecule has 48 heavy (non-hydrogen) atoms. The predicted octanol–water partition coefficient (Wildman–Crippen LogP) is 7.01. The van der Waals surface area contributed by atoms with Crippen LogP contribution >= 0.6 is 7.82 Å². The zero-order chi connectivity index (χ0) is 34.5. The summed E-state index contributed by atoms with van der Waals surface area (Å²) in [5.41, 5.74) is 3.97. The lowest BCUT2D eigenvalue weighted by atomic mass is 9.99. The molecular weight excluding hydrogens is 634 g/mol. The minimum absolute atomic E-state index is 0.000995. The van der Waals surface area contributed by atoms with Crippen LogP contribution in [0.25, 0.3) is 0 Å². The highest BCUT2D eigenvalue weighted by Crippen LogP contribution is 2.42. The monoisotopic (exact) mass is 676 g/mol. The van der Waals surface area contributed by atoms with E-state index in [1.807, 2.05) is 48.5 Å². The van der Waals surface area contributed by atoms with Crippen LogP contribution in [0.3, 0.4) is 0 Å². The third-order valence-corrected chi connectivity index (χ3v) is 8.51. The molecule has 0 spiro atoms. The number of nitrogens with one attached hydrogen (secondary N) is 1. The number of rotatable bonds is 17. The molecule has 3 N–H and O–H groups in total. The number of anilines is 1. The van der Waals surface area contributed by atoms with E-state index in [1.54, 1.807) is 11.8 Å². The van der Waals surface area contributed by atoms with Crippen molar-refractivity contribution < 1.29 is 37.6 Å². The number of Topliss-reactive ketones (excluding diaryl/α,β-unsaturated/α-hetero) is 1. The molecule has 1 aliphatic rings. The first-order valence-electron chi connectivity index (χ1n) is 16.3. The number of carbonyl (C=O) groups is 3. The lowest BCUT2D eigenvalue weighted by molar-refractivity contribution is -0.124. The van der Waals surface area contributed by atoms with E-state index in [9.17, 15) is 23.3 Å². The second-order valence-corrected chi connectivity index (χ2v) is 13.1. The van der Waals surface area contributed by atoms with Gasteiger partial charge in [-0.1, -0.05) is 73.1 Å². The summed E-state index contributed by atoms with van der Waals surface area (Å²) in [5, 5.41) is 2.92. The van der Waals surface area contributed by atoms with Gasteiger partial charge in [-0.05, 0) is 68.5 Å². The van der Waals surface area contributed by atoms with E-state index in [-0.39, 0.29) is 29.5 Å². The molecule has 254 valence electrons. The molecule has 0 aliphatic carbocycles. The molecule has 0 fully saturated rings. The molecule has 3 aromatic carbocycles. The number of ketones is 1. The number of carbonyl (C=O) groups excluding carboxylic acids is 3. The Morgan fingerprint density at radius 3 is 2.31 bits per heavy atom. The summed E-state index contributed by atoms with van der Waals surface area (Å²) >= 11 is 0. The Bertz CT molecular complexity index is 1710. The molecule has 1 atom stereocenters. The fourth-order valence-electron chi connectivity index (χ4n) is 5.55. The highest BCUT2D eigenvalue weighted by atomic mass is 31.2. The number of phosphoric ester groups is 1. The van der Waals surface area contributed by atoms with Gasteiger partial charge in [0, 0.05) is 42.5 Å². The number of hydrogen-bond donors (Lipinski definition) is 3. The number of halogens is 1. The zero-order valence-corrected chi connectivity index (χ0v) is 28.0. The lowest BCUT2D eigenvalue weighted by Crippen LogP contribution is -2.31. The molecule has 1 heterocycles. The van der Waals surface area contributed by atoms with E-state index in [0.717, 1.165) is 41.6 Å². The van der Waals surface area contributed by atoms with E-state index >= 15 is 0 Å².